The van der Waals surface area contributed by atoms with Crippen LogP contribution in [0.1, 0.15) is 0 Å². The third-order valence-electron chi connectivity index (χ3n) is 10.3. The van der Waals surface area contributed by atoms with Crippen LogP contribution in [0.3, 0.4) is 0 Å². The van der Waals surface area contributed by atoms with Crippen LogP contribution in [0.4, 0.5) is 0 Å². The number of rotatable bonds is 5. The number of furan rings is 1. The highest BCUT2D eigenvalue weighted by molar-refractivity contribution is 6.12. The molecule has 7 aromatic carbocycles. The van der Waals surface area contributed by atoms with Crippen molar-refractivity contribution in [3.05, 3.63) is 182 Å². The van der Waals surface area contributed by atoms with E-state index >= 15 is 0 Å². The summed E-state index contributed by atoms with van der Waals surface area (Å²) in [7, 11) is 0. The molecule has 0 radical (unpaired) electrons. The molecule has 5 nitrogen and oxygen atoms in total. The third-order valence-corrected chi connectivity index (χ3v) is 10.3. The minimum absolute atomic E-state index is 0.704. The van der Waals surface area contributed by atoms with Crippen LogP contribution in [-0.4, -0.2) is 18.9 Å². The van der Waals surface area contributed by atoms with Gasteiger partial charge in [0.1, 0.15) is 11.2 Å². The molecule has 0 atom stereocenters. The number of imidazole rings is 1. The van der Waals surface area contributed by atoms with E-state index in [1.54, 1.807) is 0 Å². The van der Waals surface area contributed by atoms with Gasteiger partial charge in [0.2, 0.25) is 0 Å². The maximum atomic E-state index is 6.63. The molecule has 4 heterocycles. The molecule has 0 bridgehead atoms. The Hall–Kier alpha value is -7.24. The Kier molecular flexibility index (Phi) is 6.48. The summed E-state index contributed by atoms with van der Waals surface area (Å²) in [5, 5.41) is 3.40. The quantitative estimate of drug-likeness (QED) is 0.182. The molecule has 0 spiro atoms. The summed E-state index contributed by atoms with van der Waals surface area (Å²) >= 11 is 0. The Morgan fingerprint density at radius 2 is 0.981 bits per heavy atom. The second-order valence-electron chi connectivity index (χ2n) is 13.4. The number of para-hydroxylation sites is 5. The van der Waals surface area contributed by atoms with Crippen molar-refractivity contribution in [3.8, 4) is 50.7 Å². The number of fused-ring (bicyclic) bond motifs is 8. The smallest absolute Gasteiger partial charge is 0.160 e. The SMILES string of the molecule is c1ccc(-c2cc(-c3ccc(-c4c5ccccc5n5c6ccccc6n(-c6cccc7c6oc6ccccc67)c45)cc3)nc(-c3ccccc3)n2)cc1. The van der Waals surface area contributed by atoms with Crippen LogP contribution >= 0.6 is 0 Å². The van der Waals surface area contributed by atoms with Crippen molar-refractivity contribution in [2.24, 2.45) is 0 Å². The van der Waals surface area contributed by atoms with Gasteiger partial charge in [-0.25, -0.2) is 9.97 Å². The molecule has 0 amide bonds. The first-order valence-electron chi connectivity index (χ1n) is 17.8. The molecule has 53 heavy (non-hydrogen) atoms. The number of hydrogen-bond acceptors (Lipinski definition) is 3. The fourth-order valence-electron chi connectivity index (χ4n) is 7.95. The standard InChI is InChI=1S/C48H30N4O/c1-3-14-31(15-4-1)38-30-39(50-47(49-38)34-16-5-2-6-17-34)32-26-28-33(29-27-32)45-37-19-7-9-21-40(37)51-41-22-10-11-23-42(41)52(48(45)51)43-24-13-20-36-35-18-8-12-25-44(35)53-46(36)43/h1-30H. The predicted molar refractivity (Wildman–Crippen MR) is 216 cm³/mol. The van der Waals surface area contributed by atoms with Crippen molar-refractivity contribution in [1.29, 1.82) is 0 Å². The monoisotopic (exact) mass is 678 g/mol. The maximum Gasteiger partial charge on any atom is 0.160 e. The molecular formula is C48H30N4O. The minimum atomic E-state index is 0.704. The highest BCUT2D eigenvalue weighted by Crippen LogP contribution is 2.43. The average molecular weight is 679 g/mol. The maximum absolute atomic E-state index is 6.63. The van der Waals surface area contributed by atoms with Gasteiger partial charge in [-0.15, -0.1) is 0 Å². The summed E-state index contributed by atoms with van der Waals surface area (Å²) in [6.07, 6.45) is 0. The number of aromatic nitrogens is 4. The van der Waals surface area contributed by atoms with Crippen molar-refractivity contribution in [1.82, 2.24) is 18.9 Å². The molecule has 0 aliphatic rings. The van der Waals surface area contributed by atoms with E-state index in [0.717, 1.165) is 89.0 Å². The van der Waals surface area contributed by atoms with Crippen LogP contribution in [0.25, 0.3) is 100 Å². The summed E-state index contributed by atoms with van der Waals surface area (Å²) in [5.74, 6) is 0.704. The molecule has 0 saturated carbocycles. The molecule has 0 unspecified atom stereocenters. The summed E-state index contributed by atoms with van der Waals surface area (Å²) in [6, 6.07) is 63.5. The van der Waals surface area contributed by atoms with E-state index in [9.17, 15) is 0 Å². The average Bonchev–Trinajstić information content (AvgIpc) is 3.89. The molecule has 248 valence electrons. The Bertz CT molecular complexity index is 3100. The van der Waals surface area contributed by atoms with Gasteiger partial charge in [0.05, 0.1) is 33.6 Å². The van der Waals surface area contributed by atoms with Gasteiger partial charge in [0.15, 0.2) is 11.4 Å². The molecule has 0 fully saturated rings. The zero-order chi connectivity index (χ0) is 34.9. The Labute approximate surface area is 304 Å². The van der Waals surface area contributed by atoms with Crippen LogP contribution in [0.2, 0.25) is 0 Å². The molecule has 4 aromatic heterocycles. The summed E-state index contributed by atoms with van der Waals surface area (Å²) in [6.45, 7) is 0. The highest BCUT2D eigenvalue weighted by atomic mass is 16.3. The highest BCUT2D eigenvalue weighted by Gasteiger charge is 2.24. The molecule has 0 aliphatic carbocycles. The largest absolute Gasteiger partial charge is 0.454 e. The summed E-state index contributed by atoms with van der Waals surface area (Å²) in [4.78, 5) is 10.1. The van der Waals surface area contributed by atoms with Gasteiger partial charge in [0, 0.05) is 38.4 Å². The molecule has 11 aromatic rings. The Morgan fingerprint density at radius 1 is 0.415 bits per heavy atom. The summed E-state index contributed by atoms with van der Waals surface area (Å²) < 4.78 is 11.4. The zero-order valence-corrected chi connectivity index (χ0v) is 28.5. The normalized spacial score (nSPS) is 11.8. The van der Waals surface area contributed by atoms with E-state index < -0.39 is 0 Å². The topological polar surface area (TPSA) is 48.3 Å². The van der Waals surface area contributed by atoms with Gasteiger partial charge in [-0.05, 0) is 42.0 Å². The lowest BCUT2D eigenvalue weighted by molar-refractivity contribution is 0.666. The van der Waals surface area contributed by atoms with Gasteiger partial charge in [0.25, 0.3) is 0 Å². The van der Waals surface area contributed by atoms with Crippen LogP contribution in [0.5, 0.6) is 0 Å². The number of nitrogens with zero attached hydrogens (tertiary/aromatic N) is 4. The Morgan fingerprint density at radius 3 is 1.74 bits per heavy atom. The first-order valence-corrected chi connectivity index (χ1v) is 17.8. The summed E-state index contributed by atoms with van der Waals surface area (Å²) in [5.41, 5.74) is 14.4. The van der Waals surface area contributed by atoms with E-state index in [4.69, 9.17) is 14.4 Å². The van der Waals surface area contributed by atoms with E-state index in [-0.39, 0.29) is 0 Å². The Balaban J connectivity index is 1.15. The first kappa shape index (κ1) is 29.5. The van der Waals surface area contributed by atoms with Crippen molar-refractivity contribution in [2.75, 3.05) is 0 Å². The van der Waals surface area contributed by atoms with E-state index in [2.05, 4.69) is 142 Å². The first-order chi connectivity index (χ1) is 26.3. The van der Waals surface area contributed by atoms with Crippen LogP contribution < -0.4 is 0 Å². The van der Waals surface area contributed by atoms with E-state index in [0.29, 0.717) is 5.82 Å². The lowest BCUT2D eigenvalue weighted by Gasteiger charge is -2.11. The van der Waals surface area contributed by atoms with Gasteiger partial charge < -0.3 is 4.42 Å². The van der Waals surface area contributed by atoms with Gasteiger partial charge in [-0.3, -0.25) is 8.97 Å². The molecule has 5 heteroatoms. The van der Waals surface area contributed by atoms with Crippen molar-refractivity contribution >= 4 is 49.5 Å². The van der Waals surface area contributed by atoms with Crippen molar-refractivity contribution in [2.45, 2.75) is 0 Å². The van der Waals surface area contributed by atoms with Gasteiger partial charge in [-0.1, -0.05) is 146 Å². The molecular weight excluding hydrogens is 649 g/mol. The van der Waals surface area contributed by atoms with E-state index in [1.165, 1.54) is 5.39 Å². The molecule has 0 N–H and O–H groups in total. The third kappa shape index (κ3) is 4.57. The predicted octanol–water partition coefficient (Wildman–Crippen LogP) is 12.4. The second kappa shape index (κ2) is 11.7. The van der Waals surface area contributed by atoms with Crippen molar-refractivity contribution < 1.29 is 4.42 Å². The lowest BCUT2D eigenvalue weighted by atomic mass is 10.0. The fraction of sp³-hybridized carbons (Fsp3) is 0. The lowest BCUT2D eigenvalue weighted by Crippen LogP contribution is -1.96. The second-order valence-corrected chi connectivity index (χ2v) is 13.4. The zero-order valence-electron chi connectivity index (χ0n) is 28.5. The minimum Gasteiger partial charge on any atom is -0.454 e. The molecule has 0 saturated heterocycles. The van der Waals surface area contributed by atoms with Crippen LogP contribution in [-0.2, 0) is 0 Å². The van der Waals surface area contributed by atoms with Gasteiger partial charge >= 0.3 is 0 Å². The molecule has 0 aliphatic heterocycles. The van der Waals surface area contributed by atoms with E-state index in [1.807, 2.05) is 48.5 Å². The number of benzene rings is 7. The van der Waals surface area contributed by atoms with Crippen molar-refractivity contribution in [3.63, 3.8) is 0 Å². The fourth-order valence-corrected chi connectivity index (χ4v) is 7.95. The number of hydrogen-bond donors (Lipinski definition) is 0. The van der Waals surface area contributed by atoms with Gasteiger partial charge in [-0.2, -0.15) is 0 Å². The van der Waals surface area contributed by atoms with Crippen LogP contribution in [0, 0.1) is 0 Å². The molecule has 11 rings (SSSR count). The van der Waals surface area contributed by atoms with Crippen LogP contribution in [0.15, 0.2) is 186 Å².